The van der Waals surface area contributed by atoms with Crippen LogP contribution in [-0.2, 0) is 14.2 Å². The maximum absolute atomic E-state index is 10.4. The Bertz CT molecular complexity index is 147. The Morgan fingerprint density at radius 3 is 2.67 bits per heavy atom. The second-order valence-corrected chi connectivity index (χ2v) is 1.92. The average Bonchev–Trinajstić information content (AvgIpc) is 2.03. The molecule has 0 amide bonds. The number of esters is 1. The number of carbonyl (C=O) groups excluding carboxylic acids is 1. The summed E-state index contributed by atoms with van der Waals surface area (Å²) >= 11 is 0. The van der Waals surface area contributed by atoms with Gasteiger partial charge in [0.05, 0.1) is 6.61 Å². The van der Waals surface area contributed by atoms with Gasteiger partial charge in [-0.1, -0.05) is 6.58 Å². The molecule has 0 aliphatic carbocycles. The van der Waals surface area contributed by atoms with E-state index in [-0.39, 0.29) is 13.2 Å². The third-order valence-electron chi connectivity index (χ3n) is 0.967. The quantitative estimate of drug-likeness (QED) is 0.236. The van der Waals surface area contributed by atoms with Crippen LogP contribution in [0.5, 0.6) is 0 Å². The van der Waals surface area contributed by atoms with Crippen molar-refractivity contribution in [3.63, 3.8) is 0 Å². The molecule has 0 aliphatic heterocycles. The Morgan fingerprint density at radius 1 is 1.50 bits per heavy atom. The van der Waals surface area contributed by atoms with Gasteiger partial charge in [-0.15, -0.1) is 0 Å². The number of hydrogen-bond donors (Lipinski definition) is 2. The molecule has 0 rings (SSSR count). The van der Waals surface area contributed by atoms with Crippen molar-refractivity contribution < 1.29 is 24.2 Å². The van der Waals surface area contributed by atoms with E-state index in [9.17, 15) is 4.79 Å². The zero-order valence-electron chi connectivity index (χ0n) is 6.60. The van der Waals surface area contributed by atoms with Crippen molar-refractivity contribution in [3.8, 4) is 0 Å². The number of carbonyl (C=O) groups is 1. The van der Waals surface area contributed by atoms with Crippen LogP contribution < -0.4 is 0 Å². The fourth-order valence-corrected chi connectivity index (χ4v) is 0.479. The summed E-state index contributed by atoms with van der Waals surface area (Å²) in [4.78, 5) is 10.4. The lowest BCUT2D eigenvalue weighted by Gasteiger charge is -2.02. The van der Waals surface area contributed by atoms with Gasteiger partial charge in [0.2, 0.25) is 0 Å². The highest BCUT2D eigenvalue weighted by molar-refractivity contribution is 6.32. The first-order valence-electron chi connectivity index (χ1n) is 3.43. The van der Waals surface area contributed by atoms with E-state index in [1.54, 1.807) is 0 Å². The molecular weight excluding hydrogens is 163 g/mol. The van der Waals surface area contributed by atoms with E-state index >= 15 is 0 Å². The molecule has 0 saturated carbocycles. The molecule has 2 N–H and O–H groups in total. The SMILES string of the molecule is C=CC(=O)OCCCOB(O)O. The van der Waals surface area contributed by atoms with Gasteiger partial charge < -0.3 is 19.4 Å². The highest BCUT2D eigenvalue weighted by Crippen LogP contribution is 1.87. The molecule has 0 aromatic heterocycles. The zero-order chi connectivity index (χ0) is 9.40. The van der Waals surface area contributed by atoms with Crippen LogP contribution in [0.2, 0.25) is 0 Å². The van der Waals surface area contributed by atoms with E-state index in [2.05, 4.69) is 16.0 Å². The minimum absolute atomic E-state index is 0.127. The first-order chi connectivity index (χ1) is 5.66. The van der Waals surface area contributed by atoms with Gasteiger partial charge in [0, 0.05) is 19.1 Å². The highest BCUT2D eigenvalue weighted by atomic mass is 16.6. The molecule has 0 radical (unpaired) electrons. The standard InChI is InChI=1S/C6H11BO5/c1-2-6(8)11-4-3-5-12-7(9)10/h2,9-10H,1,3-5H2. The van der Waals surface area contributed by atoms with E-state index in [0.717, 1.165) is 6.08 Å². The largest absolute Gasteiger partial charge is 0.633 e. The van der Waals surface area contributed by atoms with Crippen molar-refractivity contribution in [1.29, 1.82) is 0 Å². The van der Waals surface area contributed by atoms with Gasteiger partial charge in [-0.05, 0) is 0 Å². The Hall–Kier alpha value is -0.845. The molecule has 12 heavy (non-hydrogen) atoms. The summed E-state index contributed by atoms with van der Waals surface area (Å²) in [7, 11) is -1.76. The zero-order valence-corrected chi connectivity index (χ0v) is 6.60. The minimum Gasteiger partial charge on any atom is -0.462 e. The molecule has 0 bridgehead atoms. The molecule has 0 aromatic rings. The van der Waals surface area contributed by atoms with Crippen molar-refractivity contribution in [1.82, 2.24) is 0 Å². The maximum atomic E-state index is 10.4. The predicted octanol–water partition coefficient (Wildman–Crippen LogP) is -0.908. The first-order valence-corrected chi connectivity index (χ1v) is 3.43. The smallest absolute Gasteiger partial charge is 0.462 e. The van der Waals surface area contributed by atoms with Gasteiger partial charge in [0.15, 0.2) is 0 Å². The molecule has 6 heteroatoms. The summed E-state index contributed by atoms with van der Waals surface area (Å²) in [5.74, 6) is -0.500. The molecule has 0 spiro atoms. The van der Waals surface area contributed by atoms with Crippen LogP contribution in [0, 0.1) is 0 Å². The molecule has 0 atom stereocenters. The van der Waals surface area contributed by atoms with E-state index < -0.39 is 13.3 Å². The molecule has 0 aromatic carbocycles. The van der Waals surface area contributed by atoms with Crippen LogP contribution in [-0.4, -0.2) is 36.6 Å². The molecule has 68 valence electrons. The highest BCUT2D eigenvalue weighted by Gasteiger charge is 2.06. The third-order valence-corrected chi connectivity index (χ3v) is 0.967. The maximum Gasteiger partial charge on any atom is 0.633 e. The van der Waals surface area contributed by atoms with E-state index in [1.165, 1.54) is 0 Å². The molecule has 0 heterocycles. The predicted molar refractivity (Wildman–Crippen MR) is 41.9 cm³/mol. The van der Waals surface area contributed by atoms with Crippen molar-refractivity contribution in [3.05, 3.63) is 12.7 Å². The van der Waals surface area contributed by atoms with Gasteiger partial charge in [0.25, 0.3) is 0 Å². The lowest BCUT2D eigenvalue weighted by atomic mass is 10.2. The van der Waals surface area contributed by atoms with Gasteiger partial charge >= 0.3 is 13.3 Å². The third kappa shape index (κ3) is 7.26. The second kappa shape index (κ2) is 6.84. The van der Waals surface area contributed by atoms with Crippen LogP contribution in [0.1, 0.15) is 6.42 Å². The Labute approximate surface area is 70.8 Å². The molecule has 5 nitrogen and oxygen atoms in total. The van der Waals surface area contributed by atoms with E-state index in [0.29, 0.717) is 6.42 Å². The van der Waals surface area contributed by atoms with E-state index in [4.69, 9.17) is 10.0 Å². The van der Waals surface area contributed by atoms with Gasteiger partial charge in [0.1, 0.15) is 0 Å². The van der Waals surface area contributed by atoms with Crippen LogP contribution in [0.25, 0.3) is 0 Å². The lowest BCUT2D eigenvalue weighted by molar-refractivity contribution is -0.137. The average molecular weight is 174 g/mol. The van der Waals surface area contributed by atoms with Crippen LogP contribution in [0.15, 0.2) is 12.7 Å². The topological polar surface area (TPSA) is 76.0 Å². The van der Waals surface area contributed by atoms with Crippen molar-refractivity contribution in [2.24, 2.45) is 0 Å². The van der Waals surface area contributed by atoms with Crippen molar-refractivity contribution in [2.75, 3.05) is 13.2 Å². The molecule has 0 unspecified atom stereocenters. The molecule has 0 fully saturated rings. The summed E-state index contributed by atoms with van der Waals surface area (Å²) in [6.07, 6.45) is 1.47. The Balaban J connectivity index is 3.11. The van der Waals surface area contributed by atoms with Crippen LogP contribution >= 0.6 is 0 Å². The second-order valence-electron chi connectivity index (χ2n) is 1.92. The van der Waals surface area contributed by atoms with E-state index in [1.807, 2.05) is 0 Å². The Kier molecular flexibility index (Phi) is 6.36. The first kappa shape index (κ1) is 11.2. The van der Waals surface area contributed by atoms with Gasteiger partial charge in [-0.3, -0.25) is 0 Å². The normalized spacial score (nSPS) is 9.17. The van der Waals surface area contributed by atoms with Gasteiger partial charge in [-0.2, -0.15) is 0 Å². The number of hydrogen-bond acceptors (Lipinski definition) is 5. The Morgan fingerprint density at radius 2 is 2.17 bits per heavy atom. The number of rotatable bonds is 6. The minimum atomic E-state index is -1.76. The summed E-state index contributed by atoms with van der Waals surface area (Å²) in [5.41, 5.74) is 0. The van der Waals surface area contributed by atoms with Crippen LogP contribution in [0.4, 0.5) is 0 Å². The molecule has 0 saturated heterocycles. The number of ether oxygens (including phenoxy) is 1. The lowest BCUT2D eigenvalue weighted by Crippen LogP contribution is -2.18. The van der Waals surface area contributed by atoms with Crippen molar-refractivity contribution in [2.45, 2.75) is 6.42 Å². The fourth-order valence-electron chi connectivity index (χ4n) is 0.479. The summed E-state index contributed by atoms with van der Waals surface area (Å²) < 4.78 is 8.92. The van der Waals surface area contributed by atoms with Crippen LogP contribution in [0.3, 0.4) is 0 Å². The molecule has 0 aliphatic rings. The molecular formula is C6H11BO5. The van der Waals surface area contributed by atoms with Crippen molar-refractivity contribution >= 4 is 13.3 Å². The fraction of sp³-hybridized carbons (Fsp3) is 0.500. The van der Waals surface area contributed by atoms with Gasteiger partial charge in [-0.25, -0.2) is 4.79 Å². The monoisotopic (exact) mass is 174 g/mol. The summed E-state index contributed by atoms with van der Waals surface area (Å²) in [6, 6.07) is 0. The summed E-state index contributed by atoms with van der Waals surface area (Å²) in [6.45, 7) is 3.51. The summed E-state index contributed by atoms with van der Waals surface area (Å²) in [5, 5.41) is 16.4.